The number of hydrogen-bond acceptors (Lipinski definition) is 3. The molecule has 2 rings (SSSR count). The molecule has 0 saturated heterocycles. The van der Waals surface area contributed by atoms with Crippen molar-refractivity contribution < 1.29 is 9.53 Å². The van der Waals surface area contributed by atoms with Crippen LogP contribution < -0.4 is 15.1 Å². The average Bonchev–Trinajstić information content (AvgIpc) is 2.46. The molecule has 0 atom stereocenters. The Morgan fingerprint density at radius 1 is 1.30 bits per heavy atom. The predicted molar refractivity (Wildman–Crippen MR) is 77.5 cm³/mol. The highest BCUT2D eigenvalue weighted by Gasteiger charge is 2.17. The second kappa shape index (κ2) is 5.61. The second-order valence-corrected chi connectivity index (χ2v) is 4.46. The molecule has 0 aliphatic heterocycles. The van der Waals surface area contributed by atoms with E-state index in [0.29, 0.717) is 11.4 Å². The molecule has 0 aliphatic carbocycles. The van der Waals surface area contributed by atoms with E-state index in [-0.39, 0.29) is 16.9 Å². The number of aromatic nitrogens is 1. The molecular formula is C15H16N2O3. The van der Waals surface area contributed by atoms with Crippen LogP contribution in [-0.4, -0.2) is 25.0 Å². The van der Waals surface area contributed by atoms with Crippen molar-refractivity contribution >= 4 is 11.6 Å². The van der Waals surface area contributed by atoms with Crippen LogP contribution in [0.3, 0.4) is 0 Å². The number of hydrogen-bond donors (Lipinski definition) is 1. The van der Waals surface area contributed by atoms with E-state index >= 15 is 0 Å². The van der Waals surface area contributed by atoms with Crippen molar-refractivity contribution in [2.45, 2.75) is 6.92 Å². The molecule has 5 nitrogen and oxygen atoms in total. The molecule has 0 fully saturated rings. The first-order valence-corrected chi connectivity index (χ1v) is 6.14. The summed E-state index contributed by atoms with van der Waals surface area (Å²) in [5.74, 6) is 0.291. The van der Waals surface area contributed by atoms with E-state index in [1.54, 1.807) is 45.3 Å². The van der Waals surface area contributed by atoms with Gasteiger partial charge in [-0.2, -0.15) is 0 Å². The minimum Gasteiger partial charge on any atom is -0.497 e. The number of ether oxygens (including phenoxy) is 1. The quantitative estimate of drug-likeness (QED) is 0.929. The van der Waals surface area contributed by atoms with Crippen LogP contribution in [-0.2, 0) is 0 Å². The number of nitrogens with zero attached hydrogens (tertiary/aromatic N) is 1. The van der Waals surface area contributed by atoms with E-state index < -0.39 is 0 Å². The highest BCUT2D eigenvalue weighted by molar-refractivity contribution is 6.05. The molecule has 0 saturated carbocycles. The maximum absolute atomic E-state index is 12.3. The molecule has 1 amide bonds. The summed E-state index contributed by atoms with van der Waals surface area (Å²) < 4.78 is 5.12. The summed E-state index contributed by atoms with van der Waals surface area (Å²) in [5.41, 5.74) is 1.20. The number of carbonyl (C=O) groups excluding carboxylic acids is 1. The highest BCUT2D eigenvalue weighted by Crippen LogP contribution is 2.20. The normalized spacial score (nSPS) is 10.2. The first-order chi connectivity index (χ1) is 9.52. The smallest absolute Gasteiger partial charge is 0.263 e. The SMILES string of the molecule is COc1cccc(N(C)C(=O)c2c[nH]c(C)cc2=O)c1. The predicted octanol–water partition coefficient (Wildman–Crippen LogP) is 1.97. The van der Waals surface area contributed by atoms with E-state index in [2.05, 4.69) is 4.98 Å². The standard InChI is InChI=1S/C15H16N2O3/c1-10-7-14(18)13(9-16-10)15(19)17(2)11-5-4-6-12(8-11)20-3/h4-9H,1-3H3,(H,16,18). The molecule has 0 radical (unpaired) electrons. The zero-order valence-corrected chi connectivity index (χ0v) is 11.6. The molecule has 1 N–H and O–H groups in total. The molecule has 0 spiro atoms. The van der Waals surface area contributed by atoms with Gasteiger partial charge in [0.25, 0.3) is 5.91 Å². The number of methoxy groups -OCH3 is 1. The molecule has 0 aliphatic rings. The number of benzene rings is 1. The van der Waals surface area contributed by atoms with Crippen LogP contribution in [0.4, 0.5) is 5.69 Å². The van der Waals surface area contributed by atoms with Crippen molar-refractivity contribution in [3.05, 3.63) is 58.0 Å². The molecule has 2 aromatic rings. The van der Waals surface area contributed by atoms with Gasteiger partial charge in [-0.05, 0) is 19.1 Å². The largest absolute Gasteiger partial charge is 0.497 e. The maximum Gasteiger partial charge on any atom is 0.263 e. The fourth-order valence-electron chi connectivity index (χ4n) is 1.86. The van der Waals surface area contributed by atoms with E-state index in [4.69, 9.17) is 4.74 Å². The van der Waals surface area contributed by atoms with Gasteiger partial charge >= 0.3 is 0 Å². The third-order valence-corrected chi connectivity index (χ3v) is 3.03. The monoisotopic (exact) mass is 272 g/mol. The molecular weight excluding hydrogens is 256 g/mol. The van der Waals surface area contributed by atoms with Gasteiger partial charge in [-0.3, -0.25) is 9.59 Å². The number of carbonyl (C=O) groups is 1. The van der Waals surface area contributed by atoms with Crippen LogP contribution in [0, 0.1) is 6.92 Å². The molecule has 0 bridgehead atoms. The van der Waals surface area contributed by atoms with Crippen molar-refractivity contribution in [2.75, 3.05) is 19.1 Å². The summed E-state index contributed by atoms with van der Waals surface area (Å²) in [4.78, 5) is 28.5. The number of H-pyrrole nitrogens is 1. The van der Waals surface area contributed by atoms with Crippen molar-refractivity contribution in [1.29, 1.82) is 0 Å². The first-order valence-electron chi connectivity index (χ1n) is 6.14. The van der Waals surface area contributed by atoms with Crippen LogP contribution in [0.5, 0.6) is 5.75 Å². The number of pyridine rings is 1. The molecule has 0 unspecified atom stereocenters. The lowest BCUT2D eigenvalue weighted by Gasteiger charge is -2.17. The summed E-state index contributed by atoms with van der Waals surface area (Å²) in [6.07, 6.45) is 1.44. The van der Waals surface area contributed by atoms with Crippen molar-refractivity contribution in [2.24, 2.45) is 0 Å². The van der Waals surface area contributed by atoms with Gasteiger partial charge in [-0.15, -0.1) is 0 Å². The van der Waals surface area contributed by atoms with Gasteiger partial charge in [-0.1, -0.05) is 6.07 Å². The Labute approximate surface area is 116 Å². The number of anilines is 1. The van der Waals surface area contributed by atoms with Crippen molar-refractivity contribution in [3.63, 3.8) is 0 Å². The van der Waals surface area contributed by atoms with Crippen LogP contribution in [0.2, 0.25) is 0 Å². The number of rotatable bonds is 3. The average molecular weight is 272 g/mol. The zero-order chi connectivity index (χ0) is 14.7. The van der Waals surface area contributed by atoms with Gasteiger partial charge in [0.2, 0.25) is 0 Å². The van der Waals surface area contributed by atoms with E-state index in [9.17, 15) is 9.59 Å². The number of aromatic amines is 1. The summed E-state index contributed by atoms with van der Waals surface area (Å²) >= 11 is 0. The lowest BCUT2D eigenvalue weighted by Crippen LogP contribution is -2.30. The van der Waals surface area contributed by atoms with Crippen molar-refractivity contribution in [1.82, 2.24) is 4.98 Å². The third kappa shape index (κ3) is 2.71. The molecule has 1 aromatic carbocycles. The highest BCUT2D eigenvalue weighted by atomic mass is 16.5. The lowest BCUT2D eigenvalue weighted by molar-refractivity contribution is 0.0991. The third-order valence-electron chi connectivity index (χ3n) is 3.03. The first kappa shape index (κ1) is 13.9. The Balaban J connectivity index is 2.34. The topological polar surface area (TPSA) is 62.4 Å². The fourth-order valence-corrected chi connectivity index (χ4v) is 1.86. The van der Waals surface area contributed by atoms with Gasteiger partial charge in [0.05, 0.1) is 7.11 Å². The van der Waals surface area contributed by atoms with Crippen LogP contribution in [0.15, 0.2) is 41.3 Å². The van der Waals surface area contributed by atoms with Gasteiger partial charge < -0.3 is 14.6 Å². The number of aryl methyl sites for hydroxylation is 1. The minimum absolute atomic E-state index is 0.112. The summed E-state index contributed by atoms with van der Waals surface area (Å²) in [5, 5.41) is 0. The van der Waals surface area contributed by atoms with Gasteiger partial charge in [0.1, 0.15) is 11.3 Å². The van der Waals surface area contributed by atoms with Crippen LogP contribution in [0.1, 0.15) is 16.1 Å². The molecule has 5 heteroatoms. The summed E-state index contributed by atoms with van der Waals surface area (Å²) in [6.45, 7) is 1.77. The Bertz CT molecular complexity index is 692. The summed E-state index contributed by atoms with van der Waals surface area (Å²) in [6, 6.07) is 8.51. The molecule has 1 aromatic heterocycles. The lowest BCUT2D eigenvalue weighted by atomic mass is 10.2. The number of amides is 1. The van der Waals surface area contributed by atoms with Crippen molar-refractivity contribution in [3.8, 4) is 5.75 Å². The number of nitrogens with one attached hydrogen (secondary N) is 1. The van der Waals surface area contributed by atoms with Crippen LogP contribution >= 0.6 is 0 Å². The Hall–Kier alpha value is -2.56. The van der Waals surface area contributed by atoms with Gasteiger partial charge in [0.15, 0.2) is 5.43 Å². The Morgan fingerprint density at radius 2 is 2.05 bits per heavy atom. The summed E-state index contributed by atoms with van der Waals surface area (Å²) in [7, 11) is 3.18. The van der Waals surface area contributed by atoms with Crippen LogP contribution in [0.25, 0.3) is 0 Å². The van der Waals surface area contributed by atoms with E-state index in [0.717, 1.165) is 5.69 Å². The van der Waals surface area contributed by atoms with Gasteiger partial charge in [0, 0.05) is 36.8 Å². The fraction of sp³-hybridized carbons (Fsp3) is 0.200. The molecule has 104 valence electrons. The van der Waals surface area contributed by atoms with E-state index in [1.165, 1.54) is 17.2 Å². The molecule has 20 heavy (non-hydrogen) atoms. The van der Waals surface area contributed by atoms with Gasteiger partial charge in [-0.25, -0.2) is 0 Å². The minimum atomic E-state index is -0.362. The Kier molecular flexibility index (Phi) is 3.89. The zero-order valence-electron chi connectivity index (χ0n) is 11.6. The maximum atomic E-state index is 12.3. The molecule has 1 heterocycles. The Morgan fingerprint density at radius 3 is 2.70 bits per heavy atom. The second-order valence-electron chi connectivity index (χ2n) is 4.46. The van der Waals surface area contributed by atoms with E-state index in [1.807, 2.05) is 0 Å².